The summed E-state index contributed by atoms with van der Waals surface area (Å²) in [7, 11) is 0. The van der Waals surface area contributed by atoms with Gasteiger partial charge in [-0.3, -0.25) is 4.79 Å². The zero-order valence-electron chi connectivity index (χ0n) is 14.0. The molecule has 2 unspecified atom stereocenters. The maximum absolute atomic E-state index is 12.7. The van der Waals surface area contributed by atoms with Crippen LogP contribution in [0, 0.1) is 17.3 Å². The molecule has 3 aliphatic rings. The third kappa shape index (κ3) is 2.80. The van der Waals surface area contributed by atoms with Gasteiger partial charge in [0.2, 0.25) is 5.91 Å². The Labute approximate surface area is 134 Å². The standard InChI is InChI=1S/C18H32N2O2/c1-2-22-16-11-15(18(16)9-4-3-5-10-18)20-17(21)14-8-6-7-13(14)12-19/h13-16H,2-12,19H2,1H3,(H,20,21)/t13-,14-,15?,16?/m1/s1. The average Bonchev–Trinajstić information content (AvgIpc) is 3.03. The van der Waals surface area contributed by atoms with Crippen LogP contribution in [-0.4, -0.2) is 31.2 Å². The second kappa shape index (κ2) is 6.88. The minimum atomic E-state index is 0.150. The van der Waals surface area contributed by atoms with Gasteiger partial charge in [0.15, 0.2) is 0 Å². The van der Waals surface area contributed by atoms with E-state index >= 15 is 0 Å². The van der Waals surface area contributed by atoms with Crippen molar-refractivity contribution >= 4 is 5.91 Å². The molecule has 0 aromatic rings. The molecule has 22 heavy (non-hydrogen) atoms. The lowest BCUT2D eigenvalue weighted by Gasteiger charge is -2.57. The third-order valence-electron chi connectivity index (χ3n) is 6.55. The molecule has 4 atom stereocenters. The maximum atomic E-state index is 12.7. The molecule has 1 spiro atoms. The monoisotopic (exact) mass is 308 g/mol. The molecular formula is C18H32N2O2. The molecule has 4 nitrogen and oxygen atoms in total. The zero-order valence-corrected chi connectivity index (χ0v) is 14.0. The number of ether oxygens (including phenoxy) is 1. The first kappa shape index (κ1) is 16.3. The molecule has 0 radical (unpaired) electrons. The van der Waals surface area contributed by atoms with Crippen LogP contribution in [0.15, 0.2) is 0 Å². The molecule has 3 aliphatic carbocycles. The fourth-order valence-corrected chi connectivity index (χ4v) is 5.21. The number of rotatable bonds is 5. The Hall–Kier alpha value is -0.610. The van der Waals surface area contributed by atoms with Gasteiger partial charge < -0.3 is 15.8 Å². The number of carbonyl (C=O) groups is 1. The van der Waals surface area contributed by atoms with E-state index in [-0.39, 0.29) is 17.2 Å². The fourth-order valence-electron chi connectivity index (χ4n) is 5.21. The van der Waals surface area contributed by atoms with Crippen molar-refractivity contribution in [1.82, 2.24) is 5.32 Å². The zero-order chi connectivity index (χ0) is 15.6. The Morgan fingerprint density at radius 2 is 2.00 bits per heavy atom. The van der Waals surface area contributed by atoms with Gasteiger partial charge in [-0.25, -0.2) is 0 Å². The maximum Gasteiger partial charge on any atom is 0.223 e. The highest BCUT2D eigenvalue weighted by Crippen LogP contribution is 2.53. The Balaban J connectivity index is 1.63. The minimum absolute atomic E-state index is 0.150. The molecule has 4 heteroatoms. The van der Waals surface area contributed by atoms with Gasteiger partial charge in [-0.15, -0.1) is 0 Å². The molecule has 3 N–H and O–H groups in total. The number of nitrogens with two attached hydrogens (primary N) is 1. The van der Waals surface area contributed by atoms with E-state index in [1.54, 1.807) is 0 Å². The number of nitrogens with one attached hydrogen (secondary N) is 1. The Morgan fingerprint density at radius 1 is 1.23 bits per heavy atom. The van der Waals surface area contributed by atoms with Gasteiger partial charge >= 0.3 is 0 Å². The van der Waals surface area contributed by atoms with Crippen LogP contribution < -0.4 is 11.1 Å². The summed E-state index contributed by atoms with van der Waals surface area (Å²) in [5.41, 5.74) is 6.06. The molecule has 0 aromatic heterocycles. The van der Waals surface area contributed by atoms with Crippen molar-refractivity contribution in [1.29, 1.82) is 0 Å². The van der Waals surface area contributed by atoms with Gasteiger partial charge in [-0.1, -0.05) is 25.7 Å². The number of carbonyl (C=O) groups excluding carboxylic acids is 1. The molecule has 3 rings (SSSR count). The van der Waals surface area contributed by atoms with E-state index in [0.717, 1.165) is 32.3 Å². The molecule has 126 valence electrons. The lowest BCUT2D eigenvalue weighted by Crippen LogP contribution is -2.66. The van der Waals surface area contributed by atoms with Crippen LogP contribution in [0.25, 0.3) is 0 Å². The summed E-state index contributed by atoms with van der Waals surface area (Å²) in [6.45, 7) is 3.51. The van der Waals surface area contributed by atoms with Crippen LogP contribution in [-0.2, 0) is 9.53 Å². The van der Waals surface area contributed by atoms with Crippen LogP contribution in [0.1, 0.15) is 64.7 Å². The van der Waals surface area contributed by atoms with Crippen LogP contribution >= 0.6 is 0 Å². The van der Waals surface area contributed by atoms with Crippen LogP contribution in [0.4, 0.5) is 0 Å². The lowest BCUT2D eigenvalue weighted by atomic mass is 9.55. The molecule has 0 heterocycles. The third-order valence-corrected chi connectivity index (χ3v) is 6.55. The molecule has 1 amide bonds. The van der Waals surface area contributed by atoms with Crippen molar-refractivity contribution in [3.8, 4) is 0 Å². The predicted octanol–water partition coefficient (Wildman–Crippen LogP) is 2.61. The lowest BCUT2D eigenvalue weighted by molar-refractivity contribution is -0.158. The molecule has 0 saturated heterocycles. The number of hydrogen-bond donors (Lipinski definition) is 2. The summed E-state index contributed by atoms with van der Waals surface area (Å²) in [5, 5.41) is 3.40. The first-order valence-electron chi connectivity index (χ1n) is 9.33. The highest BCUT2D eigenvalue weighted by Gasteiger charge is 2.56. The van der Waals surface area contributed by atoms with E-state index < -0.39 is 0 Å². The molecule has 0 bridgehead atoms. The van der Waals surface area contributed by atoms with Gasteiger partial charge in [0.25, 0.3) is 0 Å². The van der Waals surface area contributed by atoms with Gasteiger partial charge in [-0.2, -0.15) is 0 Å². The SMILES string of the molecule is CCOC1CC(NC(=O)[C@@H]2CCC[C@@H]2CN)C12CCCCC2. The van der Waals surface area contributed by atoms with Crippen molar-refractivity contribution in [2.45, 2.75) is 76.9 Å². The summed E-state index contributed by atoms with van der Waals surface area (Å²) in [6, 6.07) is 0.330. The van der Waals surface area contributed by atoms with Crippen molar-refractivity contribution in [2.75, 3.05) is 13.2 Å². The second-order valence-corrected chi connectivity index (χ2v) is 7.57. The van der Waals surface area contributed by atoms with E-state index in [0.29, 0.717) is 24.6 Å². The van der Waals surface area contributed by atoms with Crippen LogP contribution in [0.2, 0.25) is 0 Å². The summed E-state index contributed by atoms with van der Waals surface area (Å²) < 4.78 is 5.98. The summed E-state index contributed by atoms with van der Waals surface area (Å²) >= 11 is 0. The molecule has 0 aliphatic heterocycles. The number of hydrogen-bond acceptors (Lipinski definition) is 3. The molecule has 3 fully saturated rings. The Morgan fingerprint density at radius 3 is 2.68 bits per heavy atom. The first-order valence-corrected chi connectivity index (χ1v) is 9.33. The Bertz CT molecular complexity index is 393. The number of amides is 1. The second-order valence-electron chi connectivity index (χ2n) is 7.57. The molecular weight excluding hydrogens is 276 g/mol. The summed E-state index contributed by atoms with van der Waals surface area (Å²) in [4.78, 5) is 12.7. The first-order chi connectivity index (χ1) is 10.7. The van der Waals surface area contributed by atoms with Gasteiger partial charge in [0.1, 0.15) is 0 Å². The minimum Gasteiger partial charge on any atom is -0.378 e. The largest absolute Gasteiger partial charge is 0.378 e. The van der Waals surface area contributed by atoms with Gasteiger partial charge in [0.05, 0.1) is 6.10 Å². The van der Waals surface area contributed by atoms with Gasteiger partial charge in [-0.05, 0) is 51.5 Å². The predicted molar refractivity (Wildman–Crippen MR) is 87.4 cm³/mol. The van der Waals surface area contributed by atoms with E-state index in [4.69, 9.17) is 10.5 Å². The van der Waals surface area contributed by atoms with Crippen LogP contribution in [0.5, 0.6) is 0 Å². The van der Waals surface area contributed by atoms with Crippen molar-refractivity contribution in [2.24, 2.45) is 23.0 Å². The van der Waals surface area contributed by atoms with Crippen molar-refractivity contribution in [3.05, 3.63) is 0 Å². The highest BCUT2D eigenvalue weighted by molar-refractivity contribution is 5.79. The van der Waals surface area contributed by atoms with Gasteiger partial charge in [0, 0.05) is 24.0 Å². The topological polar surface area (TPSA) is 64.3 Å². The van der Waals surface area contributed by atoms with E-state index in [1.807, 2.05) is 0 Å². The molecule has 3 saturated carbocycles. The van der Waals surface area contributed by atoms with Crippen molar-refractivity contribution in [3.63, 3.8) is 0 Å². The summed E-state index contributed by atoms with van der Waals surface area (Å²) in [5.74, 6) is 0.805. The normalized spacial score (nSPS) is 37.0. The average molecular weight is 308 g/mol. The summed E-state index contributed by atoms with van der Waals surface area (Å²) in [6.07, 6.45) is 11.0. The fraction of sp³-hybridized carbons (Fsp3) is 0.944. The van der Waals surface area contributed by atoms with Crippen molar-refractivity contribution < 1.29 is 9.53 Å². The molecule has 0 aromatic carbocycles. The Kier molecular flexibility index (Phi) is 5.08. The van der Waals surface area contributed by atoms with E-state index in [1.165, 1.54) is 32.1 Å². The van der Waals surface area contributed by atoms with E-state index in [9.17, 15) is 4.79 Å². The van der Waals surface area contributed by atoms with Crippen LogP contribution in [0.3, 0.4) is 0 Å². The highest BCUT2D eigenvalue weighted by atomic mass is 16.5. The smallest absolute Gasteiger partial charge is 0.223 e. The van der Waals surface area contributed by atoms with E-state index in [2.05, 4.69) is 12.2 Å². The quantitative estimate of drug-likeness (QED) is 0.820.